The zero-order valence-corrected chi connectivity index (χ0v) is 16.2. The number of halogens is 3. The SMILES string of the molecule is Cc1noc(C)c1COc1ccc(CC(=O)Nc2ccccc2OC(F)(F)F)cc1. The number of carbonyl (C=O) groups is 1. The molecule has 1 amide bonds. The first kappa shape index (κ1) is 21.2. The number of amides is 1. The molecule has 9 heteroatoms. The molecule has 0 saturated heterocycles. The Hall–Kier alpha value is -3.49. The lowest BCUT2D eigenvalue weighted by Gasteiger charge is -2.14. The minimum Gasteiger partial charge on any atom is -0.489 e. The number of nitrogens with zero attached hydrogens (tertiary/aromatic N) is 1. The van der Waals surface area contributed by atoms with E-state index in [4.69, 9.17) is 9.26 Å². The lowest BCUT2D eigenvalue weighted by molar-refractivity contribution is -0.274. The third kappa shape index (κ3) is 5.76. The Labute approximate surface area is 170 Å². The molecule has 30 heavy (non-hydrogen) atoms. The highest BCUT2D eigenvalue weighted by atomic mass is 19.4. The molecule has 0 saturated carbocycles. The molecule has 0 atom stereocenters. The second kappa shape index (κ2) is 8.89. The highest BCUT2D eigenvalue weighted by Crippen LogP contribution is 2.30. The van der Waals surface area contributed by atoms with Gasteiger partial charge in [-0.15, -0.1) is 13.2 Å². The first-order chi connectivity index (χ1) is 14.2. The van der Waals surface area contributed by atoms with Crippen LogP contribution in [-0.4, -0.2) is 17.4 Å². The van der Waals surface area contributed by atoms with Crippen LogP contribution in [0.5, 0.6) is 11.5 Å². The number of nitrogens with one attached hydrogen (secondary N) is 1. The largest absolute Gasteiger partial charge is 0.573 e. The maximum atomic E-state index is 12.5. The van der Waals surface area contributed by atoms with Crippen LogP contribution in [0.3, 0.4) is 0 Å². The number of alkyl halides is 3. The van der Waals surface area contributed by atoms with Gasteiger partial charge in [0.15, 0.2) is 5.75 Å². The van der Waals surface area contributed by atoms with Crippen LogP contribution >= 0.6 is 0 Å². The van der Waals surface area contributed by atoms with Crippen molar-refractivity contribution in [1.82, 2.24) is 5.16 Å². The standard InChI is InChI=1S/C21H19F3N2O4/c1-13-17(14(2)30-26-13)12-28-16-9-7-15(8-10-16)11-20(27)25-18-5-3-4-6-19(18)29-21(22,23)24/h3-10H,11-12H2,1-2H3,(H,25,27). The zero-order valence-electron chi connectivity index (χ0n) is 16.2. The molecule has 2 aromatic carbocycles. The number of carbonyl (C=O) groups excluding carboxylic acids is 1. The summed E-state index contributed by atoms with van der Waals surface area (Å²) in [5.74, 6) is 0.345. The van der Waals surface area contributed by atoms with Crippen molar-refractivity contribution in [2.24, 2.45) is 0 Å². The van der Waals surface area contributed by atoms with Gasteiger partial charge in [0.1, 0.15) is 18.1 Å². The Bertz CT molecular complexity index is 994. The van der Waals surface area contributed by atoms with Crippen LogP contribution in [0.15, 0.2) is 53.1 Å². The number of anilines is 1. The molecule has 0 radical (unpaired) electrons. The van der Waals surface area contributed by atoms with E-state index in [1.165, 1.54) is 18.2 Å². The molecule has 3 rings (SSSR count). The predicted octanol–water partition coefficient (Wildman–Crippen LogP) is 4.95. The van der Waals surface area contributed by atoms with Crippen molar-refractivity contribution >= 4 is 11.6 Å². The van der Waals surface area contributed by atoms with Crippen molar-refractivity contribution in [2.75, 3.05) is 5.32 Å². The molecule has 0 unspecified atom stereocenters. The molecular weight excluding hydrogens is 401 g/mol. The van der Waals surface area contributed by atoms with E-state index in [0.29, 0.717) is 23.7 Å². The van der Waals surface area contributed by atoms with Crippen molar-refractivity contribution in [3.63, 3.8) is 0 Å². The molecule has 158 valence electrons. The molecule has 6 nitrogen and oxygen atoms in total. The van der Waals surface area contributed by atoms with Gasteiger partial charge in [-0.3, -0.25) is 4.79 Å². The Morgan fingerprint density at radius 1 is 1.10 bits per heavy atom. The Morgan fingerprint density at radius 2 is 1.80 bits per heavy atom. The fourth-order valence-electron chi connectivity index (χ4n) is 2.73. The molecule has 0 fully saturated rings. The van der Waals surface area contributed by atoms with Crippen molar-refractivity contribution < 1.29 is 32.0 Å². The van der Waals surface area contributed by atoms with Crippen LogP contribution in [0.4, 0.5) is 18.9 Å². The van der Waals surface area contributed by atoms with Crippen LogP contribution in [-0.2, 0) is 17.8 Å². The summed E-state index contributed by atoms with van der Waals surface area (Å²) >= 11 is 0. The van der Waals surface area contributed by atoms with Gasteiger partial charge in [0.2, 0.25) is 5.91 Å². The fourth-order valence-corrected chi connectivity index (χ4v) is 2.73. The molecule has 1 heterocycles. The van der Waals surface area contributed by atoms with Gasteiger partial charge >= 0.3 is 6.36 Å². The molecular formula is C21H19F3N2O4. The summed E-state index contributed by atoms with van der Waals surface area (Å²) < 4.78 is 52.2. The molecule has 0 aliphatic rings. The number of ether oxygens (including phenoxy) is 2. The first-order valence-electron chi connectivity index (χ1n) is 8.99. The van der Waals surface area contributed by atoms with Gasteiger partial charge in [0, 0.05) is 0 Å². The van der Waals surface area contributed by atoms with E-state index < -0.39 is 18.0 Å². The summed E-state index contributed by atoms with van der Waals surface area (Å²) in [5.41, 5.74) is 2.25. The number of aryl methyl sites for hydroxylation is 2. The smallest absolute Gasteiger partial charge is 0.489 e. The molecule has 0 aliphatic carbocycles. The van der Waals surface area contributed by atoms with Gasteiger partial charge in [0.25, 0.3) is 0 Å². The van der Waals surface area contributed by atoms with Gasteiger partial charge in [0.05, 0.1) is 23.4 Å². The average molecular weight is 420 g/mol. The summed E-state index contributed by atoms with van der Waals surface area (Å²) in [4.78, 5) is 12.2. The minimum atomic E-state index is -4.85. The first-order valence-corrected chi connectivity index (χ1v) is 8.99. The topological polar surface area (TPSA) is 73.6 Å². The quantitative estimate of drug-likeness (QED) is 0.586. The Kier molecular flexibility index (Phi) is 6.29. The van der Waals surface area contributed by atoms with Crippen molar-refractivity contribution in [2.45, 2.75) is 33.2 Å². The van der Waals surface area contributed by atoms with Crippen molar-refractivity contribution in [3.05, 3.63) is 71.1 Å². The van der Waals surface area contributed by atoms with Crippen molar-refractivity contribution in [1.29, 1.82) is 0 Å². The molecule has 0 spiro atoms. The van der Waals surface area contributed by atoms with E-state index in [1.807, 2.05) is 6.92 Å². The normalized spacial score (nSPS) is 11.2. The van der Waals surface area contributed by atoms with Gasteiger partial charge in [-0.25, -0.2) is 0 Å². The van der Waals surface area contributed by atoms with E-state index in [0.717, 1.165) is 17.3 Å². The molecule has 0 bridgehead atoms. The second-order valence-electron chi connectivity index (χ2n) is 6.50. The summed E-state index contributed by atoms with van der Waals surface area (Å²) in [5, 5.41) is 6.30. The van der Waals surface area contributed by atoms with Gasteiger partial charge in [-0.2, -0.15) is 0 Å². The van der Waals surface area contributed by atoms with Crippen LogP contribution in [0, 0.1) is 13.8 Å². The summed E-state index contributed by atoms with van der Waals surface area (Å²) in [7, 11) is 0. The molecule has 0 aliphatic heterocycles. The fraction of sp³-hybridized carbons (Fsp3) is 0.238. The maximum absolute atomic E-state index is 12.5. The highest BCUT2D eigenvalue weighted by molar-refractivity contribution is 5.93. The predicted molar refractivity (Wildman–Crippen MR) is 102 cm³/mol. The van der Waals surface area contributed by atoms with Gasteiger partial charge in [-0.05, 0) is 43.7 Å². The third-order valence-electron chi connectivity index (χ3n) is 4.24. The van der Waals surface area contributed by atoms with Crippen molar-refractivity contribution in [3.8, 4) is 11.5 Å². The third-order valence-corrected chi connectivity index (χ3v) is 4.24. The van der Waals surface area contributed by atoms with Gasteiger partial charge in [-0.1, -0.05) is 29.4 Å². The van der Waals surface area contributed by atoms with Gasteiger partial charge < -0.3 is 19.3 Å². The summed E-state index contributed by atoms with van der Waals surface area (Å²) in [6.45, 7) is 3.93. The number of benzene rings is 2. The maximum Gasteiger partial charge on any atom is 0.573 e. The number of hydrogen-bond acceptors (Lipinski definition) is 5. The van der Waals surface area contributed by atoms with Crippen LogP contribution in [0.25, 0.3) is 0 Å². The number of hydrogen-bond donors (Lipinski definition) is 1. The van der Waals surface area contributed by atoms with E-state index in [1.54, 1.807) is 31.2 Å². The molecule has 1 N–H and O–H groups in total. The molecule has 3 aromatic rings. The summed E-state index contributed by atoms with van der Waals surface area (Å²) in [6, 6.07) is 12.2. The van der Waals surface area contributed by atoms with Crippen LogP contribution < -0.4 is 14.8 Å². The second-order valence-corrected chi connectivity index (χ2v) is 6.50. The highest BCUT2D eigenvalue weighted by Gasteiger charge is 2.32. The lowest BCUT2D eigenvalue weighted by atomic mass is 10.1. The number of rotatable bonds is 7. The Balaban J connectivity index is 1.57. The zero-order chi connectivity index (χ0) is 21.7. The van der Waals surface area contributed by atoms with E-state index >= 15 is 0 Å². The van der Waals surface area contributed by atoms with E-state index in [9.17, 15) is 18.0 Å². The number of para-hydroxylation sites is 2. The van der Waals surface area contributed by atoms with E-state index in [2.05, 4.69) is 15.2 Å². The minimum absolute atomic E-state index is 0.0233. The number of aromatic nitrogens is 1. The van der Waals surface area contributed by atoms with Crippen LogP contribution in [0.1, 0.15) is 22.6 Å². The Morgan fingerprint density at radius 3 is 2.43 bits per heavy atom. The molecule has 1 aromatic heterocycles. The summed E-state index contributed by atoms with van der Waals surface area (Å²) in [6.07, 6.45) is -4.87. The monoisotopic (exact) mass is 420 g/mol. The van der Waals surface area contributed by atoms with E-state index in [-0.39, 0.29) is 12.1 Å². The lowest BCUT2D eigenvalue weighted by Crippen LogP contribution is -2.20. The average Bonchev–Trinajstić information content (AvgIpc) is 2.99. The van der Waals surface area contributed by atoms with Crippen LogP contribution in [0.2, 0.25) is 0 Å².